The van der Waals surface area contributed by atoms with Gasteiger partial charge >= 0.3 is 0 Å². The van der Waals surface area contributed by atoms with Gasteiger partial charge in [-0.05, 0) is 30.5 Å². The number of carbonyl (C=O) groups excluding carboxylic acids is 1. The Bertz CT molecular complexity index is 822. The molecule has 0 spiro atoms. The predicted octanol–water partition coefficient (Wildman–Crippen LogP) is 2.21. The molecule has 1 amide bonds. The fraction of sp³-hybridized carbons (Fsp3) is 0.316. The first-order chi connectivity index (χ1) is 12.4. The van der Waals surface area contributed by atoms with E-state index >= 15 is 0 Å². The third-order valence-corrected chi connectivity index (χ3v) is 4.98. The minimum absolute atomic E-state index is 0.267. The van der Waals surface area contributed by atoms with E-state index in [0.717, 1.165) is 23.4 Å². The van der Waals surface area contributed by atoms with Gasteiger partial charge in [-0.25, -0.2) is 8.42 Å². The molecule has 0 saturated carbocycles. The van der Waals surface area contributed by atoms with Crippen molar-refractivity contribution in [2.24, 2.45) is 0 Å². The Morgan fingerprint density at radius 2 is 1.85 bits per heavy atom. The molecule has 0 saturated heterocycles. The van der Waals surface area contributed by atoms with Gasteiger partial charge in [-0.15, -0.1) is 0 Å². The number of ether oxygens (including phenoxy) is 1. The molecule has 0 fully saturated rings. The lowest BCUT2D eigenvalue weighted by atomic mass is 10.1. The summed E-state index contributed by atoms with van der Waals surface area (Å²) in [6, 6.07) is 16.6. The summed E-state index contributed by atoms with van der Waals surface area (Å²) in [5.74, 6) is 0.186. The van der Waals surface area contributed by atoms with Gasteiger partial charge in [0.2, 0.25) is 15.9 Å². The molecule has 6 nitrogen and oxygen atoms in total. The van der Waals surface area contributed by atoms with Gasteiger partial charge in [-0.1, -0.05) is 36.4 Å². The molecule has 1 N–H and O–H groups in total. The highest BCUT2D eigenvalue weighted by atomic mass is 32.2. The van der Waals surface area contributed by atoms with Crippen molar-refractivity contribution in [1.29, 1.82) is 0 Å². The molecule has 0 bridgehead atoms. The van der Waals surface area contributed by atoms with E-state index in [1.54, 1.807) is 24.3 Å². The highest BCUT2D eigenvalue weighted by molar-refractivity contribution is 7.92. The fourth-order valence-electron chi connectivity index (χ4n) is 2.52. The highest BCUT2D eigenvalue weighted by Gasteiger charge is 2.21. The fourth-order valence-corrected chi connectivity index (χ4v) is 3.37. The van der Waals surface area contributed by atoms with E-state index < -0.39 is 10.0 Å². The zero-order valence-electron chi connectivity index (χ0n) is 15.0. The van der Waals surface area contributed by atoms with Gasteiger partial charge in [-0.3, -0.25) is 9.10 Å². The topological polar surface area (TPSA) is 75.7 Å². The summed E-state index contributed by atoms with van der Waals surface area (Å²) >= 11 is 0. The molecule has 0 atom stereocenters. The third-order valence-electron chi connectivity index (χ3n) is 3.84. The van der Waals surface area contributed by atoms with E-state index in [1.807, 2.05) is 30.3 Å². The molecular formula is C19H24N2O4S. The van der Waals surface area contributed by atoms with Gasteiger partial charge in [-0.2, -0.15) is 0 Å². The number of anilines is 1. The molecule has 26 heavy (non-hydrogen) atoms. The van der Waals surface area contributed by atoms with Gasteiger partial charge in [0.25, 0.3) is 0 Å². The monoisotopic (exact) mass is 376 g/mol. The zero-order valence-corrected chi connectivity index (χ0v) is 15.8. The third kappa shape index (κ3) is 6.07. The van der Waals surface area contributed by atoms with Crippen LogP contribution in [-0.4, -0.2) is 40.8 Å². The maximum absolute atomic E-state index is 12.2. The van der Waals surface area contributed by atoms with Crippen LogP contribution in [0.15, 0.2) is 54.6 Å². The van der Waals surface area contributed by atoms with E-state index in [0.29, 0.717) is 18.0 Å². The minimum atomic E-state index is -3.59. The number of hydrogen-bond acceptors (Lipinski definition) is 4. The Kier molecular flexibility index (Phi) is 7.03. The van der Waals surface area contributed by atoms with Crippen molar-refractivity contribution in [3.05, 3.63) is 60.2 Å². The Hall–Kier alpha value is -2.54. The van der Waals surface area contributed by atoms with Crippen LogP contribution in [0, 0.1) is 0 Å². The first kappa shape index (κ1) is 19.8. The van der Waals surface area contributed by atoms with Crippen LogP contribution in [0.3, 0.4) is 0 Å². The molecule has 0 aliphatic heterocycles. The van der Waals surface area contributed by atoms with Crippen LogP contribution in [0.5, 0.6) is 5.75 Å². The van der Waals surface area contributed by atoms with Crippen LogP contribution in [0.1, 0.15) is 12.0 Å². The standard InChI is InChI=1S/C19H24N2O4S/c1-25-18-12-6-11-17(14-18)21(26(2,23)24)15-19(22)20-13-7-10-16-8-4-3-5-9-16/h3-6,8-9,11-12,14H,7,10,13,15H2,1-2H3,(H,20,22). The summed E-state index contributed by atoms with van der Waals surface area (Å²) in [4.78, 5) is 12.2. The van der Waals surface area contributed by atoms with Crippen molar-refractivity contribution in [3.8, 4) is 5.75 Å². The van der Waals surface area contributed by atoms with Crippen molar-refractivity contribution in [3.63, 3.8) is 0 Å². The Morgan fingerprint density at radius 3 is 2.50 bits per heavy atom. The number of sulfonamides is 1. The SMILES string of the molecule is COc1cccc(N(CC(=O)NCCCc2ccccc2)S(C)(=O)=O)c1. The maximum atomic E-state index is 12.2. The first-order valence-electron chi connectivity index (χ1n) is 8.32. The second-order valence-corrected chi connectivity index (χ2v) is 7.82. The molecule has 0 aliphatic rings. The van der Waals surface area contributed by atoms with Crippen molar-refractivity contribution in [2.75, 3.05) is 30.8 Å². The first-order valence-corrected chi connectivity index (χ1v) is 10.2. The molecular weight excluding hydrogens is 352 g/mol. The smallest absolute Gasteiger partial charge is 0.240 e. The quantitative estimate of drug-likeness (QED) is 0.681. The van der Waals surface area contributed by atoms with E-state index in [1.165, 1.54) is 12.7 Å². The molecule has 140 valence electrons. The van der Waals surface area contributed by atoms with Crippen molar-refractivity contribution >= 4 is 21.6 Å². The minimum Gasteiger partial charge on any atom is -0.497 e. The zero-order chi connectivity index (χ0) is 19.0. The summed E-state index contributed by atoms with van der Waals surface area (Å²) in [6.07, 6.45) is 2.72. The molecule has 7 heteroatoms. The Labute approximate surface area is 154 Å². The van der Waals surface area contributed by atoms with E-state index in [-0.39, 0.29) is 12.5 Å². The largest absolute Gasteiger partial charge is 0.497 e. The molecule has 0 radical (unpaired) electrons. The molecule has 2 aromatic rings. The number of aryl methyl sites for hydroxylation is 1. The van der Waals surface area contributed by atoms with Crippen LogP contribution >= 0.6 is 0 Å². The average Bonchev–Trinajstić information content (AvgIpc) is 2.63. The summed E-state index contributed by atoms with van der Waals surface area (Å²) in [5, 5.41) is 2.78. The molecule has 0 aliphatic carbocycles. The van der Waals surface area contributed by atoms with Gasteiger partial charge < -0.3 is 10.1 Å². The van der Waals surface area contributed by atoms with Crippen LogP contribution in [-0.2, 0) is 21.2 Å². The number of benzene rings is 2. The highest BCUT2D eigenvalue weighted by Crippen LogP contribution is 2.22. The summed E-state index contributed by atoms with van der Waals surface area (Å²) in [5.41, 5.74) is 1.60. The maximum Gasteiger partial charge on any atom is 0.240 e. The number of nitrogens with zero attached hydrogens (tertiary/aromatic N) is 1. The average molecular weight is 376 g/mol. The van der Waals surface area contributed by atoms with Crippen molar-refractivity contribution in [1.82, 2.24) is 5.32 Å². The predicted molar refractivity (Wildman–Crippen MR) is 103 cm³/mol. The molecule has 2 rings (SSSR count). The van der Waals surface area contributed by atoms with Crippen LogP contribution in [0.4, 0.5) is 5.69 Å². The second kappa shape index (κ2) is 9.24. The molecule has 2 aromatic carbocycles. The molecule has 0 aromatic heterocycles. The lowest BCUT2D eigenvalue weighted by molar-refractivity contribution is -0.119. The van der Waals surface area contributed by atoms with Crippen LogP contribution in [0.25, 0.3) is 0 Å². The number of methoxy groups -OCH3 is 1. The Balaban J connectivity index is 1.92. The molecule has 0 unspecified atom stereocenters. The summed E-state index contributed by atoms with van der Waals surface area (Å²) in [7, 11) is -2.09. The van der Waals surface area contributed by atoms with E-state index in [2.05, 4.69) is 5.32 Å². The van der Waals surface area contributed by atoms with E-state index in [9.17, 15) is 13.2 Å². The van der Waals surface area contributed by atoms with Gasteiger partial charge in [0.15, 0.2) is 0 Å². The lowest BCUT2D eigenvalue weighted by Gasteiger charge is -2.22. The summed E-state index contributed by atoms with van der Waals surface area (Å²) < 4.78 is 30.4. The Morgan fingerprint density at radius 1 is 1.12 bits per heavy atom. The van der Waals surface area contributed by atoms with Gasteiger partial charge in [0, 0.05) is 12.6 Å². The normalized spacial score (nSPS) is 11.0. The number of nitrogens with one attached hydrogen (secondary N) is 1. The van der Waals surface area contributed by atoms with Crippen LogP contribution < -0.4 is 14.4 Å². The van der Waals surface area contributed by atoms with E-state index in [4.69, 9.17) is 4.74 Å². The van der Waals surface area contributed by atoms with Gasteiger partial charge in [0.05, 0.1) is 19.1 Å². The summed E-state index contributed by atoms with van der Waals surface area (Å²) in [6.45, 7) is 0.223. The van der Waals surface area contributed by atoms with Crippen molar-refractivity contribution < 1.29 is 17.9 Å². The number of hydrogen-bond donors (Lipinski definition) is 1. The van der Waals surface area contributed by atoms with Gasteiger partial charge in [0.1, 0.15) is 12.3 Å². The number of carbonyl (C=O) groups is 1. The number of amides is 1. The second-order valence-electron chi connectivity index (χ2n) is 5.91. The van der Waals surface area contributed by atoms with Crippen LogP contribution in [0.2, 0.25) is 0 Å². The number of rotatable bonds is 9. The lowest BCUT2D eigenvalue weighted by Crippen LogP contribution is -2.40. The molecule has 0 heterocycles. The van der Waals surface area contributed by atoms with Crippen molar-refractivity contribution in [2.45, 2.75) is 12.8 Å².